The van der Waals surface area contributed by atoms with Gasteiger partial charge in [0.2, 0.25) is 10.0 Å². The Morgan fingerprint density at radius 1 is 1.33 bits per heavy atom. The lowest BCUT2D eigenvalue weighted by Gasteiger charge is -2.13. The van der Waals surface area contributed by atoms with Crippen molar-refractivity contribution in [3.8, 4) is 0 Å². The molecule has 1 unspecified atom stereocenters. The molecule has 5 nitrogen and oxygen atoms in total. The largest absolute Gasteiger partial charge is 0.465 e. The van der Waals surface area contributed by atoms with Gasteiger partial charge in [-0.1, -0.05) is 6.07 Å². The lowest BCUT2D eigenvalue weighted by atomic mass is 10.2. The zero-order valence-corrected chi connectivity index (χ0v) is 12.4. The number of nitrogens with one attached hydrogen (secondary N) is 1. The minimum absolute atomic E-state index is 0.318. The van der Waals surface area contributed by atoms with Crippen LogP contribution < -0.4 is 4.72 Å². The first-order valence-corrected chi connectivity index (χ1v) is 7.80. The maximum Gasteiger partial charge on any atom is 0.244 e. The van der Waals surface area contributed by atoms with Gasteiger partial charge in [0.15, 0.2) is 0 Å². The lowest BCUT2D eigenvalue weighted by molar-refractivity contribution is 0.281. The van der Waals surface area contributed by atoms with Crippen molar-refractivity contribution in [1.29, 1.82) is 0 Å². The third kappa shape index (κ3) is 3.49. The van der Waals surface area contributed by atoms with E-state index in [1.165, 1.54) is 6.07 Å². The molecule has 0 saturated carbocycles. The van der Waals surface area contributed by atoms with E-state index in [1.54, 1.807) is 26.0 Å². The zero-order chi connectivity index (χ0) is 15.6. The van der Waals surface area contributed by atoms with Crippen molar-refractivity contribution in [2.24, 2.45) is 0 Å². The highest BCUT2D eigenvalue weighted by molar-refractivity contribution is 7.89. The van der Waals surface area contributed by atoms with E-state index in [4.69, 9.17) is 9.52 Å². The second kappa shape index (κ2) is 5.97. The second-order valence-corrected chi connectivity index (χ2v) is 6.40. The van der Waals surface area contributed by atoms with Crippen LogP contribution in [0.25, 0.3) is 0 Å². The van der Waals surface area contributed by atoms with Crippen LogP contribution in [0.2, 0.25) is 0 Å². The van der Waals surface area contributed by atoms with Crippen molar-refractivity contribution < 1.29 is 22.3 Å². The molecule has 0 fully saturated rings. The van der Waals surface area contributed by atoms with Crippen molar-refractivity contribution in [3.63, 3.8) is 0 Å². The number of halogens is 1. The monoisotopic (exact) mass is 313 g/mol. The van der Waals surface area contributed by atoms with Gasteiger partial charge in [0.1, 0.15) is 22.2 Å². The van der Waals surface area contributed by atoms with Gasteiger partial charge in [-0.15, -0.1) is 0 Å². The molecule has 0 spiro atoms. The summed E-state index contributed by atoms with van der Waals surface area (Å²) in [6, 6.07) is 6.18. The fourth-order valence-corrected chi connectivity index (χ4v) is 3.23. The number of rotatable bonds is 5. The van der Waals surface area contributed by atoms with Crippen LogP contribution in [-0.2, 0) is 16.6 Å². The molecule has 7 heteroatoms. The van der Waals surface area contributed by atoms with Gasteiger partial charge in [-0.3, -0.25) is 0 Å². The molecule has 0 aliphatic rings. The summed E-state index contributed by atoms with van der Waals surface area (Å²) in [6.45, 7) is 2.98. The molecule has 21 heavy (non-hydrogen) atoms. The Bertz CT molecular complexity index is 739. The van der Waals surface area contributed by atoms with Crippen LogP contribution in [0, 0.1) is 12.7 Å². The van der Waals surface area contributed by atoms with Gasteiger partial charge in [-0.2, -0.15) is 0 Å². The summed E-state index contributed by atoms with van der Waals surface area (Å²) in [4.78, 5) is -0.496. The van der Waals surface area contributed by atoms with Gasteiger partial charge in [-0.05, 0) is 43.7 Å². The molecule has 114 valence electrons. The highest BCUT2D eigenvalue weighted by Gasteiger charge is 2.23. The van der Waals surface area contributed by atoms with Gasteiger partial charge in [0, 0.05) is 0 Å². The fraction of sp³-hybridized carbons (Fsp3) is 0.286. The Morgan fingerprint density at radius 3 is 2.62 bits per heavy atom. The number of hydrogen-bond donors (Lipinski definition) is 2. The maximum atomic E-state index is 13.7. The molecule has 2 rings (SSSR count). The Kier molecular flexibility index (Phi) is 4.46. The topological polar surface area (TPSA) is 79.5 Å². The zero-order valence-electron chi connectivity index (χ0n) is 11.6. The highest BCUT2D eigenvalue weighted by Crippen LogP contribution is 2.21. The number of sulfonamides is 1. The Morgan fingerprint density at radius 2 is 2.05 bits per heavy atom. The van der Waals surface area contributed by atoms with E-state index >= 15 is 0 Å². The number of aryl methyl sites for hydroxylation is 1. The van der Waals surface area contributed by atoms with Crippen LogP contribution in [0.4, 0.5) is 4.39 Å². The second-order valence-electron chi connectivity index (χ2n) is 4.71. The minimum Gasteiger partial charge on any atom is -0.465 e. The SMILES string of the molecule is Cc1ccc(C(C)NS(=O)(=O)c2cc(CO)ccc2F)o1. The van der Waals surface area contributed by atoms with Gasteiger partial charge in [0.05, 0.1) is 12.6 Å². The summed E-state index contributed by atoms with van der Waals surface area (Å²) in [5.74, 6) is 0.224. The number of hydrogen-bond acceptors (Lipinski definition) is 4. The quantitative estimate of drug-likeness (QED) is 0.887. The molecular formula is C14H16FNO4S. The third-order valence-corrected chi connectivity index (χ3v) is 4.54. The number of furan rings is 1. The molecule has 2 N–H and O–H groups in total. The molecular weight excluding hydrogens is 297 g/mol. The van der Waals surface area contributed by atoms with E-state index in [-0.39, 0.29) is 6.61 Å². The van der Waals surface area contributed by atoms with Crippen molar-refractivity contribution in [1.82, 2.24) is 4.72 Å². The third-order valence-electron chi connectivity index (χ3n) is 2.99. The lowest BCUT2D eigenvalue weighted by Crippen LogP contribution is -2.27. The molecule has 1 heterocycles. The first kappa shape index (κ1) is 15.7. The molecule has 1 atom stereocenters. The van der Waals surface area contributed by atoms with E-state index in [9.17, 15) is 12.8 Å². The predicted molar refractivity (Wildman–Crippen MR) is 74.5 cm³/mol. The van der Waals surface area contributed by atoms with E-state index in [0.29, 0.717) is 17.1 Å². The van der Waals surface area contributed by atoms with Crippen molar-refractivity contribution in [2.75, 3.05) is 0 Å². The Labute approximate surface area is 122 Å². The first-order chi connectivity index (χ1) is 9.83. The molecule has 0 radical (unpaired) electrons. The van der Waals surface area contributed by atoms with Crippen LogP contribution in [0.3, 0.4) is 0 Å². The van der Waals surface area contributed by atoms with Crippen LogP contribution in [-0.4, -0.2) is 13.5 Å². The molecule has 0 amide bonds. The molecule has 0 aliphatic carbocycles. The Hall–Kier alpha value is -1.70. The molecule has 2 aromatic rings. The number of aliphatic hydroxyl groups excluding tert-OH is 1. The van der Waals surface area contributed by atoms with Crippen molar-refractivity contribution in [3.05, 3.63) is 53.2 Å². The molecule has 0 saturated heterocycles. The Balaban J connectivity index is 2.30. The average molecular weight is 313 g/mol. The van der Waals surface area contributed by atoms with E-state index in [0.717, 1.165) is 12.1 Å². The van der Waals surface area contributed by atoms with Gasteiger partial charge in [-0.25, -0.2) is 17.5 Å². The summed E-state index contributed by atoms with van der Waals surface area (Å²) in [6.07, 6.45) is 0. The minimum atomic E-state index is -4.06. The van der Waals surface area contributed by atoms with Crippen molar-refractivity contribution >= 4 is 10.0 Å². The van der Waals surface area contributed by atoms with Gasteiger partial charge < -0.3 is 9.52 Å². The van der Waals surface area contributed by atoms with Crippen LogP contribution in [0.5, 0.6) is 0 Å². The van der Waals surface area contributed by atoms with E-state index < -0.39 is 26.8 Å². The maximum absolute atomic E-state index is 13.7. The molecule has 0 aliphatic heterocycles. The smallest absolute Gasteiger partial charge is 0.244 e. The summed E-state index contributed by atoms with van der Waals surface area (Å²) in [5.41, 5.74) is 0.318. The standard InChI is InChI=1S/C14H16FNO4S/c1-9-3-6-13(20-9)10(2)16-21(18,19)14-7-11(8-17)4-5-12(14)15/h3-7,10,16-17H,8H2,1-2H3. The summed E-state index contributed by atoms with van der Waals surface area (Å²) in [7, 11) is -4.06. The van der Waals surface area contributed by atoms with Crippen LogP contribution >= 0.6 is 0 Å². The first-order valence-electron chi connectivity index (χ1n) is 6.31. The number of aliphatic hydroxyl groups is 1. The molecule has 1 aromatic carbocycles. The van der Waals surface area contributed by atoms with E-state index in [1.807, 2.05) is 0 Å². The normalized spacial score (nSPS) is 13.3. The van der Waals surface area contributed by atoms with E-state index in [2.05, 4.69) is 4.72 Å². The fourth-order valence-electron chi connectivity index (χ4n) is 1.89. The average Bonchev–Trinajstić information content (AvgIpc) is 2.85. The van der Waals surface area contributed by atoms with Crippen LogP contribution in [0.15, 0.2) is 39.6 Å². The molecule has 1 aromatic heterocycles. The summed E-state index contributed by atoms with van der Waals surface area (Å²) in [5, 5.41) is 9.03. The molecule has 0 bridgehead atoms. The van der Waals surface area contributed by atoms with Gasteiger partial charge in [0.25, 0.3) is 0 Å². The summed E-state index contributed by atoms with van der Waals surface area (Å²) < 4.78 is 45.9. The van der Waals surface area contributed by atoms with Crippen LogP contribution in [0.1, 0.15) is 30.0 Å². The van der Waals surface area contributed by atoms with Gasteiger partial charge >= 0.3 is 0 Å². The summed E-state index contributed by atoms with van der Waals surface area (Å²) >= 11 is 0. The predicted octanol–water partition coefficient (Wildman–Crippen LogP) is 2.26. The highest BCUT2D eigenvalue weighted by atomic mass is 32.2. The van der Waals surface area contributed by atoms with Crippen molar-refractivity contribution in [2.45, 2.75) is 31.4 Å². The number of benzene rings is 1.